The third kappa shape index (κ3) is 5.15. The van der Waals surface area contributed by atoms with Crippen molar-refractivity contribution in [3.05, 3.63) is 27.6 Å². The molecule has 2 aromatic heterocycles. The van der Waals surface area contributed by atoms with Crippen LogP contribution in [0.3, 0.4) is 0 Å². The Hall–Kier alpha value is -2.22. The van der Waals surface area contributed by atoms with Gasteiger partial charge in [-0.25, -0.2) is 14.6 Å². The van der Waals surface area contributed by atoms with Crippen molar-refractivity contribution in [3.63, 3.8) is 0 Å². The van der Waals surface area contributed by atoms with Crippen molar-refractivity contribution in [2.24, 2.45) is 5.92 Å². The van der Waals surface area contributed by atoms with Gasteiger partial charge < -0.3 is 9.47 Å². The van der Waals surface area contributed by atoms with Gasteiger partial charge in [-0.15, -0.1) is 11.3 Å². The summed E-state index contributed by atoms with van der Waals surface area (Å²) in [5.74, 6) is -0.624. The summed E-state index contributed by atoms with van der Waals surface area (Å²) in [6.45, 7) is 8.27. The van der Waals surface area contributed by atoms with Crippen molar-refractivity contribution in [1.29, 1.82) is 0 Å². The number of carbonyl (C=O) groups excluding carboxylic acids is 2. The number of esters is 2. The van der Waals surface area contributed by atoms with Crippen molar-refractivity contribution in [3.8, 4) is 0 Å². The molecule has 2 aromatic rings. The van der Waals surface area contributed by atoms with Crippen LogP contribution in [-0.4, -0.2) is 34.7 Å². The lowest BCUT2D eigenvalue weighted by Gasteiger charge is -2.14. The summed E-state index contributed by atoms with van der Waals surface area (Å²) in [5.41, 5.74) is -0.254. The van der Waals surface area contributed by atoms with Gasteiger partial charge in [-0.1, -0.05) is 27.2 Å². The lowest BCUT2D eigenvalue weighted by atomic mass is 10.1. The van der Waals surface area contributed by atoms with Crippen molar-refractivity contribution >= 4 is 33.5 Å². The number of carbonyl (C=O) groups is 2. The van der Waals surface area contributed by atoms with Gasteiger partial charge in [0.05, 0.1) is 30.5 Å². The normalized spacial score (nSPS) is 12.3. The molecule has 1 unspecified atom stereocenters. The van der Waals surface area contributed by atoms with Crippen molar-refractivity contribution in [1.82, 2.24) is 9.55 Å². The van der Waals surface area contributed by atoms with E-state index in [1.807, 2.05) is 20.8 Å². The van der Waals surface area contributed by atoms with Gasteiger partial charge in [0.25, 0.3) is 5.56 Å². The Bertz CT molecular complexity index is 855. The van der Waals surface area contributed by atoms with Crippen molar-refractivity contribution in [2.45, 2.75) is 53.0 Å². The first kappa shape index (κ1) is 21.1. The molecule has 0 radical (unpaired) electrons. The minimum absolute atomic E-state index is 0.186. The zero-order chi connectivity index (χ0) is 20.0. The van der Waals surface area contributed by atoms with Gasteiger partial charge in [-0.05, 0) is 25.7 Å². The summed E-state index contributed by atoms with van der Waals surface area (Å²) in [4.78, 5) is 42.1. The van der Waals surface area contributed by atoms with Crippen LogP contribution in [0.4, 0.5) is 0 Å². The summed E-state index contributed by atoms with van der Waals surface area (Å²) >= 11 is 1.20. The van der Waals surface area contributed by atoms with Crippen LogP contribution in [0.15, 0.2) is 16.5 Å². The zero-order valence-electron chi connectivity index (χ0n) is 16.2. The number of hydrogen-bond acceptors (Lipinski definition) is 7. The Morgan fingerprint density at radius 3 is 2.63 bits per heavy atom. The second kappa shape index (κ2) is 9.64. The molecule has 0 aliphatic rings. The van der Waals surface area contributed by atoms with E-state index in [-0.39, 0.29) is 10.9 Å². The van der Waals surface area contributed by atoms with Crippen LogP contribution in [0.5, 0.6) is 0 Å². The topological polar surface area (TPSA) is 87.5 Å². The molecule has 2 rings (SSSR count). The van der Waals surface area contributed by atoms with E-state index in [1.54, 1.807) is 12.3 Å². The molecule has 0 aliphatic heterocycles. The Labute approximate surface area is 162 Å². The Balaban J connectivity index is 2.25. The largest absolute Gasteiger partial charge is 0.464 e. The molecule has 0 spiro atoms. The second-order valence-corrected chi connectivity index (χ2v) is 7.66. The molecule has 0 bridgehead atoms. The smallest absolute Gasteiger partial charge is 0.339 e. The molecule has 0 N–H and O–H groups in total. The first-order valence-electron chi connectivity index (χ1n) is 9.18. The molecule has 27 heavy (non-hydrogen) atoms. The molecule has 0 aromatic carbocycles. The van der Waals surface area contributed by atoms with E-state index in [0.717, 1.165) is 19.3 Å². The Kier molecular flexibility index (Phi) is 7.53. The van der Waals surface area contributed by atoms with Crippen molar-refractivity contribution in [2.75, 3.05) is 13.2 Å². The van der Waals surface area contributed by atoms with Crippen LogP contribution in [-0.2, 0) is 14.3 Å². The fraction of sp³-hybridized carbons (Fsp3) is 0.579. The minimum Gasteiger partial charge on any atom is -0.464 e. The predicted octanol–water partition coefficient (Wildman–Crippen LogP) is 3.57. The molecular weight excluding hydrogens is 368 g/mol. The summed E-state index contributed by atoms with van der Waals surface area (Å²) in [6.07, 6.45) is 3.74. The number of unbranched alkanes of at least 4 members (excludes halogenated alkanes) is 1. The van der Waals surface area contributed by atoms with Crippen LogP contribution in [0.2, 0.25) is 0 Å². The van der Waals surface area contributed by atoms with Gasteiger partial charge in [0, 0.05) is 5.38 Å². The first-order chi connectivity index (χ1) is 12.9. The molecule has 0 amide bonds. The maximum atomic E-state index is 12.9. The molecule has 2 heterocycles. The summed E-state index contributed by atoms with van der Waals surface area (Å²) < 4.78 is 11.7. The highest BCUT2D eigenvalue weighted by atomic mass is 32.1. The van der Waals surface area contributed by atoms with Crippen LogP contribution < -0.4 is 5.56 Å². The van der Waals surface area contributed by atoms with Crippen LogP contribution in [0.1, 0.15) is 63.4 Å². The average Bonchev–Trinajstić information content (AvgIpc) is 3.06. The van der Waals surface area contributed by atoms with E-state index in [9.17, 15) is 14.4 Å². The van der Waals surface area contributed by atoms with E-state index >= 15 is 0 Å². The van der Waals surface area contributed by atoms with Crippen LogP contribution >= 0.6 is 11.3 Å². The fourth-order valence-corrected chi connectivity index (χ4v) is 3.25. The van der Waals surface area contributed by atoms with E-state index in [0.29, 0.717) is 24.0 Å². The number of ether oxygens (including phenoxy) is 2. The molecule has 0 fully saturated rings. The predicted molar refractivity (Wildman–Crippen MR) is 104 cm³/mol. The summed E-state index contributed by atoms with van der Waals surface area (Å²) in [6, 6.07) is -0.828. The Morgan fingerprint density at radius 1 is 1.22 bits per heavy atom. The van der Waals surface area contributed by atoms with Gasteiger partial charge >= 0.3 is 11.9 Å². The molecule has 0 saturated heterocycles. The maximum Gasteiger partial charge on any atom is 0.339 e. The molecule has 0 aliphatic carbocycles. The molecule has 8 heteroatoms. The monoisotopic (exact) mass is 394 g/mol. The highest BCUT2D eigenvalue weighted by Gasteiger charge is 2.23. The lowest BCUT2D eigenvalue weighted by molar-refractivity contribution is -0.147. The van der Waals surface area contributed by atoms with Crippen LogP contribution in [0, 0.1) is 5.92 Å². The number of thiophene rings is 1. The molecule has 7 nitrogen and oxygen atoms in total. The van der Waals surface area contributed by atoms with E-state index in [4.69, 9.17) is 9.47 Å². The summed E-state index contributed by atoms with van der Waals surface area (Å²) in [7, 11) is 0. The average molecular weight is 394 g/mol. The third-order valence-corrected chi connectivity index (χ3v) is 5.05. The number of hydrogen-bond donors (Lipinski definition) is 0. The van der Waals surface area contributed by atoms with Gasteiger partial charge in [0.1, 0.15) is 10.9 Å². The number of fused-ring (bicyclic) bond motifs is 1. The standard InChI is InChI=1S/C19H26N2O5S/c1-5-6-8-25-19(24)14-10-27-16-15(14)17(22)21(11-20-16)13(4)18(23)26-9-7-12(2)3/h10-13H,5-9H2,1-4H3. The Morgan fingerprint density at radius 2 is 1.96 bits per heavy atom. The highest BCUT2D eigenvalue weighted by molar-refractivity contribution is 7.17. The van der Waals surface area contributed by atoms with E-state index < -0.39 is 23.5 Å². The minimum atomic E-state index is -0.828. The van der Waals surface area contributed by atoms with E-state index in [1.165, 1.54) is 22.2 Å². The molecule has 1 atom stereocenters. The quantitative estimate of drug-likeness (QED) is 0.477. The van der Waals surface area contributed by atoms with Gasteiger partial charge in [-0.2, -0.15) is 0 Å². The van der Waals surface area contributed by atoms with E-state index in [2.05, 4.69) is 4.98 Å². The SMILES string of the molecule is CCCCOC(=O)c1csc2ncn(C(C)C(=O)OCCC(C)C)c(=O)c12. The molecular formula is C19H26N2O5S. The molecule has 148 valence electrons. The number of rotatable bonds is 9. The van der Waals surface area contributed by atoms with Crippen LogP contribution in [0.25, 0.3) is 10.2 Å². The summed E-state index contributed by atoms with van der Waals surface area (Å²) in [5, 5.41) is 1.76. The number of aromatic nitrogens is 2. The first-order valence-corrected chi connectivity index (χ1v) is 10.1. The van der Waals surface area contributed by atoms with Gasteiger partial charge in [-0.3, -0.25) is 9.36 Å². The molecule has 0 saturated carbocycles. The second-order valence-electron chi connectivity index (χ2n) is 6.80. The third-order valence-electron chi connectivity index (χ3n) is 4.17. The zero-order valence-corrected chi connectivity index (χ0v) is 17.0. The van der Waals surface area contributed by atoms with Crippen molar-refractivity contribution < 1.29 is 19.1 Å². The fourth-order valence-electron chi connectivity index (χ4n) is 2.39. The lowest BCUT2D eigenvalue weighted by Crippen LogP contribution is -2.30. The maximum absolute atomic E-state index is 12.9. The van der Waals surface area contributed by atoms with Gasteiger partial charge in [0.2, 0.25) is 0 Å². The van der Waals surface area contributed by atoms with Gasteiger partial charge in [0.15, 0.2) is 0 Å². The highest BCUT2D eigenvalue weighted by Crippen LogP contribution is 2.22. The number of nitrogens with zero attached hydrogens (tertiary/aromatic N) is 2.